The summed E-state index contributed by atoms with van der Waals surface area (Å²) in [6.45, 7) is -0.472. The SMILES string of the molecule is COCO[C@@H](COC(=O)Nc1ccc(S(=O)(=O)C2CC2)c(CN(C)C(=O)OCc2ccccc2)c1)c1ccc(C(Nc2ccc3cc[nH]c(=O)c3c2)C(=O)O)cc1. The van der Waals surface area contributed by atoms with Crippen molar-refractivity contribution >= 4 is 50.1 Å². The van der Waals surface area contributed by atoms with Gasteiger partial charge in [0.25, 0.3) is 5.56 Å². The van der Waals surface area contributed by atoms with E-state index >= 15 is 0 Å². The molecule has 2 atom stereocenters. The Morgan fingerprint density at radius 2 is 1.63 bits per heavy atom. The standard InChI is InChI=1S/C41H42N4O11S/c1-45(41(50)55-23-26-6-4-3-5-7-26)22-30-20-31(14-17-36(30)57(51,52)33-15-16-33)44-40(49)54-24-35(56-25-53-2)28-8-10-29(11-9-28)37(39(47)48)43-32-13-12-27-18-19-42-38(46)34(27)21-32/h3-14,17-21,33,35,37,43H,15-16,22-25H2,1-2H3,(H,42,46)(H,44,49)(H,47,48)/t35-,37?/m0/s1. The summed E-state index contributed by atoms with van der Waals surface area (Å²) >= 11 is 0. The van der Waals surface area contributed by atoms with Crippen LogP contribution >= 0.6 is 0 Å². The lowest BCUT2D eigenvalue weighted by molar-refractivity contribution is -0.138. The predicted octanol–water partition coefficient (Wildman–Crippen LogP) is 6.38. The van der Waals surface area contributed by atoms with Crippen LogP contribution in [0.15, 0.2) is 113 Å². The molecule has 5 aromatic rings. The Morgan fingerprint density at radius 1 is 0.912 bits per heavy atom. The van der Waals surface area contributed by atoms with Crippen LogP contribution in [0.5, 0.6) is 0 Å². The zero-order valence-electron chi connectivity index (χ0n) is 31.2. The number of aromatic amines is 1. The van der Waals surface area contributed by atoms with Gasteiger partial charge in [-0.3, -0.25) is 10.1 Å². The minimum absolute atomic E-state index is 0.0419. The lowest BCUT2D eigenvalue weighted by atomic mass is 10.0. The molecule has 0 spiro atoms. The second kappa shape index (κ2) is 18.1. The monoisotopic (exact) mass is 798 g/mol. The average molecular weight is 799 g/mol. The van der Waals surface area contributed by atoms with Crippen molar-refractivity contribution in [1.82, 2.24) is 9.88 Å². The number of sulfone groups is 1. The highest BCUT2D eigenvalue weighted by Crippen LogP contribution is 2.36. The molecule has 2 amide bonds. The molecule has 4 aromatic carbocycles. The van der Waals surface area contributed by atoms with Crippen molar-refractivity contribution in [2.75, 3.05) is 38.2 Å². The minimum Gasteiger partial charge on any atom is -0.479 e. The molecule has 57 heavy (non-hydrogen) atoms. The molecule has 4 N–H and O–H groups in total. The van der Waals surface area contributed by atoms with Crippen LogP contribution in [-0.2, 0) is 46.7 Å². The first-order valence-corrected chi connectivity index (χ1v) is 19.5. The second-order valence-electron chi connectivity index (χ2n) is 13.4. The van der Waals surface area contributed by atoms with Gasteiger partial charge in [0.1, 0.15) is 26.1 Å². The van der Waals surface area contributed by atoms with Crippen molar-refractivity contribution in [1.29, 1.82) is 0 Å². The summed E-state index contributed by atoms with van der Waals surface area (Å²) < 4.78 is 48.4. The first-order valence-electron chi connectivity index (χ1n) is 18.0. The summed E-state index contributed by atoms with van der Waals surface area (Å²) in [7, 11) is -0.741. The van der Waals surface area contributed by atoms with E-state index in [-0.39, 0.29) is 42.7 Å². The van der Waals surface area contributed by atoms with Crippen LogP contribution in [0.4, 0.5) is 21.0 Å². The van der Waals surface area contributed by atoms with Gasteiger partial charge in [0.2, 0.25) is 0 Å². The van der Waals surface area contributed by atoms with Gasteiger partial charge in [-0.05, 0) is 76.9 Å². The summed E-state index contributed by atoms with van der Waals surface area (Å²) in [6, 6.07) is 25.6. The van der Waals surface area contributed by atoms with E-state index in [1.165, 1.54) is 43.5 Å². The van der Waals surface area contributed by atoms with Crippen molar-refractivity contribution in [3.05, 3.63) is 136 Å². The Labute approximate surface area is 328 Å². The molecule has 0 bridgehead atoms. The van der Waals surface area contributed by atoms with Crippen LogP contribution in [0.3, 0.4) is 0 Å². The number of nitrogens with one attached hydrogen (secondary N) is 3. The molecule has 1 aromatic heterocycles. The van der Waals surface area contributed by atoms with Gasteiger partial charge in [-0.1, -0.05) is 60.7 Å². The number of carbonyl (C=O) groups is 3. The summed E-state index contributed by atoms with van der Waals surface area (Å²) in [4.78, 5) is 54.4. The largest absolute Gasteiger partial charge is 0.479 e. The van der Waals surface area contributed by atoms with Crippen molar-refractivity contribution in [3.63, 3.8) is 0 Å². The number of nitrogens with zero attached hydrogens (tertiary/aromatic N) is 1. The Morgan fingerprint density at radius 3 is 2.33 bits per heavy atom. The van der Waals surface area contributed by atoms with Gasteiger partial charge < -0.3 is 39.3 Å². The lowest BCUT2D eigenvalue weighted by Gasteiger charge is -2.21. The zero-order valence-corrected chi connectivity index (χ0v) is 32.0. The first-order chi connectivity index (χ1) is 27.4. The number of pyridine rings is 1. The smallest absolute Gasteiger partial charge is 0.411 e. The number of H-pyrrole nitrogens is 1. The third-order valence-corrected chi connectivity index (χ3v) is 11.6. The van der Waals surface area contributed by atoms with E-state index in [0.29, 0.717) is 46.0 Å². The number of methoxy groups -OCH3 is 1. The Balaban J connectivity index is 1.12. The summed E-state index contributed by atoms with van der Waals surface area (Å²) in [5.41, 5.74) is 2.44. The van der Waals surface area contributed by atoms with E-state index in [1.54, 1.807) is 48.5 Å². The van der Waals surface area contributed by atoms with Gasteiger partial charge in [0, 0.05) is 37.1 Å². The van der Waals surface area contributed by atoms with Crippen LogP contribution in [0.1, 0.15) is 47.2 Å². The molecular weight excluding hydrogens is 757 g/mol. The zero-order chi connectivity index (χ0) is 40.5. The highest BCUT2D eigenvalue weighted by atomic mass is 32.2. The molecule has 0 aliphatic heterocycles. The number of benzene rings is 4. The Kier molecular flexibility index (Phi) is 12.9. The third-order valence-electron chi connectivity index (χ3n) is 9.23. The number of fused-ring (bicyclic) bond motifs is 1. The third kappa shape index (κ3) is 10.3. The molecule has 298 valence electrons. The first kappa shape index (κ1) is 40.4. The number of aliphatic carboxylic acids is 1. The lowest BCUT2D eigenvalue weighted by Crippen LogP contribution is -2.28. The van der Waals surface area contributed by atoms with Crippen LogP contribution < -0.4 is 16.2 Å². The van der Waals surface area contributed by atoms with Gasteiger partial charge in [0.15, 0.2) is 15.9 Å². The molecule has 1 unspecified atom stereocenters. The van der Waals surface area contributed by atoms with Crippen molar-refractivity contribution in [2.45, 2.75) is 48.3 Å². The molecule has 1 heterocycles. The maximum absolute atomic E-state index is 13.3. The average Bonchev–Trinajstić information content (AvgIpc) is 4.07. The van der Waals surface area contributed by atoms with Gasteiger partial charge in [0.05, 0.1) is 16.7 Å². The van der Waals surface area contributed by atoms with Crippen molar-refractivity contribution < 1.29 is 46.9 Å². The minimum atomic E-state index is -3.67. The molecule has 6 rings (SSSR count). The van der Waals surface area contributed by atoms with Crippen LogP contribution in [-0.4, -0.2) is 74.4 Å². The van der Waals surface area contributed by atoms with Gasteiger partial charge >= 0.3 is 18.2 Å². The number of ether oxygens (including phenoxy) is 4. The molecule has 1 aliphatic carbocycles. The van der Waals surface area contributed by atoms with Crippen LogP contribution in [0.2, 0.25) is 0 Å². The second-order valence-corrected chi connectivity index (χ2v) is 15.6. The Bertz CT molecular complexity index is 2380. The molecule has 16 heteroatoms. The fraction of sp³-hybridized carbons (Fsp3) is 0.268. The van der Waals surface area contributed by atoms with Crippen LogP contribution in [0, 0.1) is 0 Å². The molecule has 1 aliphatic rings. The number of carboxylic acid groups (broad SMARTS) is 1. The molecule has 15 nitrogen and oxygen atoms in total. The molecular formula is C41H42N4O11S. The van der Waals surface area contributed by atoms with Gasteiger partial charge in [-0.25, -0.2) is 22.8 Å². The highest BCUT2D eigenvalue weighted by molar-refractivity contribution is 7.92. The topological polar surface area (TPSA) is 203 Å². The van der Waals surface area contributed by atoms with Crippen LogP contribution in [0.25, 0.3) is 10.8 Å². The number of hydrogen-bond donors (Lipinski definition) is 4. The van der Waals surface area contributed by atoms with E-state index in [2.05, 4.69) is 15.6 Å². The van der Waals surface area contributed by atoms with Gasteiger partial charge in [-0.2, -0.15) is 0 Å². The molecule has 1 fully saturated rings. The number of anilines is 2. The fourth-order valence-electron chi connectivity index (χ4n) is 6.09. The van der Waals surface area contributed by atoms with E-state index < -0.39 is 45.4 Å². The number of carboxylic acids is 1. The summed E-state index contributed by atoms with van der Waals surface area (Å²) in [5.74, 6) is -1.15. The summed E-state index contributed by atoms with van der Waals surface area (Å²) in [6.07, 6.45) is 0.302. The number of amides is 2. The highest BCUT2D eigenvalue weighted by Gasteiger charge is 2.38. The molecule has 1 saturated carbocycles. The molecule has 0 saturated heterocycles. The number of rotatable bonds is 17. The fourth-order valence-corrected chi connectivity index (χ4v) is 7.95. The summed E-state index contributed by atoms with van der Waals surface area (Å²) in [5, 5.41) is 16.3. The van der Waals surface area contributed by atoms with E-state index in [4.69, 9.17) is 18.9 Å². The van der Waals surface area contributed by atoms with Crippen molar-refractivity contribution in [2.24, 2.45) is 0 Å². The quantitative estimate of drug-likeness (QED) is 0.0758. The Hall–Kier alpha value is -6.23. The van der Waals surface area contributed by atoms with E-state index in [0.717, 1.165) is 5.56 Å². The maximum atomic E-state index is 13.3. The normalized spacial score (nSPS) is 13.6. The van der Waals surface area contributed by atoms with Gasteiger partial charge in [-0.15, -0.1) is 0 Å². The maximum Gasteiger partial charge on any atom is 0.411 e. The predicted molar refractivity (Wildman–Crippen MR) is 210 cm³/mol. The number of hydrogen-bond acceptors (Lipinski definition) is 11. The van der Waals surface area contributed by atoms with E-state index in [9.17, 15) is 32.7 Å². The number of carbonyl (C=O) groups excluding carboxylic acids is 2. The molecule has 0 radical (unpaired) electrons. The van der Waals surface area contributed by atoms with E-state index in [1.807, 2.05) is 30.3 Å². The van der Waals surface area contributed by atoms with Crippen molar-refractivity contribution in [3.8, 4) is 0 Å². The number of aromatic nitrogens is 1.